The first kappa shape index (κ1) is 16.0. The summed E-state index contributed by atoms with van der Waals surface area (Å²) < 4.78 is 21.7. The highest BCUT2D eigenvalue weighted by atomic mass is 16.6. The Bertz CT molecular complexity index is 699. The highest BCUT2D eigenvalue weighted by Crippen LogP contribution is 2.32. The smallest absolute Gasteiger partial charge is 0.262 e. The van der Waals surface area contributed by atoms with E-state index in [-0.39, 0.29) is 12.5 Å². The van der Waals surface area contributed by atoms with Crippen molar-refractivity contribution in [3.8, 4) is 23.0 Å². The molecule has 0 fully saturated rings. The van der Waals surface area contributed by atoms with E-state index >= 15 is 0 Å². The van der Waals surface area contributed by atoms with Gasteiger partial charge >= 0.3 is 0 Å². The number of fused-ring (bicyclic) bond motifs is 1. The van der Waals surface area contributed by atoms with Gasteiger partial charge in [0.2, 0.25) is 0 Å². The van der Waals surface area contributed by atoms with Crippen molar-refractivity contribution in [2.75, 3.05) is 31.7 Å². The molecular weight excluding hydrogens is 310 g/mol. The number of anilines is 1. The van der Waals surface area contributed by atoms with Gasteiger partial charge in [0.15, 0.2) is 18.1 Å². The number of carbonyl (C=O) groups excluding carboxylic acids is 1. The molecule has 0 aromatic heterocycles. The topological polar surface area (TPSA) is 66.0 Å². The van der Waals surface area contributed by atoms with Gasteiger partial charge < -0.3 is 24.3 Å². The lowest BCUT2D eigenvalue weighted by atomic mass is 10.2. The van der Waals surface area contributed by atoms with E-state index in [4.69, 9.17) is 18.9 Å². The first-order valence-electron chi connectivity index (χ1n) is 7.80. The van der Waals surface area contributed by atoms with E-state index in [2.05, 4.69) is 5.32 Å². The summed E-state index contributed by atoms with van der Waals surface area (Å²) in [5.74, 6) is 2.44. The number of carbonyl (C=O) groups is 1. The molecule has 126 valence electrons. The van der Waals surface area contributed by atoms with Crippen LogP contribution in [0.2, 0.25) is 0 Å². The first-order chi connectivity index (χ1) is 11.7. The molecule has 1 aliphatic rings. The minimum atomic E-state index is -0.249. The predicted octanol–water partition coefficient (Wildman–Crippen LogP) is 2.87. The quantitative estimate of drug-likeness (QED) is 0.883. The Morgan fingerprint density at radius 2 is 1.67 bits per heavy atom. The molecule has 1 N–H and O–H groups in total. The molecule has 0 saturated carbocycles. The molecule has 0 saturated heterocycles. The highest BCUT2D eigenvalue weighted by Gasteiger charge is 2.13. The highest BCUT2D eigenvalue weighted by molar-refractivity contribution is 5.92. The van der Waals surface area contributed by atoms with Gasteiger partial charge in [-0.3, -0.25) is 4.79 Å². The van der Waals surface area contributed by atoms with Crippen molar-refractivity contribution in [2.24, 2.45) is 0 Å². The van der Waals surface area contributed by atoms with Gasteiger partial charge in [-0.25, -0.2) is 0 Å². The molecule has 0 radical (unpaired) electrons. The minimum Gasteiger partial charge on any atom is -0.494 e. The van der Waals surface area contributed by atoms with E-state index in [0.29, 0.717) is 42.8 Å². The average Bonchev–Trinajstić information content (AvgIpc) is 2.61. The van der Waals surface area contributed by atoms with Crippen LogP contribution in [0.25, 0.3) is 0 Å². The second kappa shape index (κ2) is 7.59. The SMILES string of the molecule is CCOc1ccc(OCC(=O)Nc2ccc3c(c2)OCCO3)cc1. The van der Waals surface area contributed by atoms with Gasteiger partial charge in [-0.15, -0.1) is 0 Å². The van der Waals surface area contributed by atoms with Crippen molar-refractivity contribution in [2.45, 2.75) is 6.92 Å². The molecule has 1 aliphatic heterocycles. The van der Waals surface area contributed by atoms with E-state index in [1.165, 1.54) is 0 Å². The maximum absolute atomic E-state index is 12.0. The lowest BCUT2D eigenvalue weighted by molar-refractivity contribution is -0.118. The number of nitrogens with one attached hydrogen (secondary N) is 1. The van der Waals surface area contributed by atoms with Gasteiger partial charge in [0.25, 0.3) is 5.91 Å². The van der Waals surface area contributed by atoms with E-state index in [1.807, 2.05) is 6.92 Å². The van der Waals surface area contributed by atoms with Crippen LogP contribution >= 0.6 is 0 Å². The van der Waals surface area contributed by atoms with Crippen LogP contribution in [-0.4, -0.2) is 32.3 Å². The largest absolute Gasteiger partial charge is 0.494 e. The zero-order chi connectivity index (χ0) is 16.8. The van der Waals surface area contributed by atoms with Gasteiger partial charge in [0.05, 0.1) is 6.61 Å². The van der Waals surface area contributed by atoms with Crippen molar-refractivity contribution in [1.82, 2.24) is 0 Å². The van der Waals surface area contributed by atoms with Crippen LogP contribution in [-0.2, 0) is 4.79 Å². The maximum Gasteiger partial charge on any atom is 0.262 e. The van der Waals surface area contributed by atoms with Crippen LogP contribution in [0.15, 0.2) is 42.5 Å². The zero-order valence-corrected chi connectivity index (χ0v) is 13.4. The third-order valence-electron chi connectivity index (χ3n) is 3.33. The summed E-state index contributed by atoms with van der Waals surface area (Å²) in [4.78, 5) is 12.0. The summed E-state index contributed by atoms with van der Waals surface area (Å²) in [7, 11) is 0. The fourth-order valence-corrected chi connectivity index (χ4v) is 2.27. The van der Waals surface area contributed by atoms with E-state index < -0.39 is 0 Å². The third-order valence-corrected chi connectivity index (χ3v) is 3.33. The lowest BCUT2D eigenvalue weighted by Crippen LogP contribution is -2.20. The zero-order valence-electron chi connectivity index (χ0n) is 13.4. The molecular formula is C18H19NO5. The Morgan fingerprint density at radius 1 is 1.00 bits per heavy atom. The lowest BCUT2D eigenvalue weighted by Gasteiger charge is -2.19. The van der Waals surface area contributed by atoms with Gasteiger partial charge in [-0.05, 0) is 43.3 Å². The van der Waals surface area contributed by atoms with Crippen LogP contribution in [0.1, 0.15) is 6.92 Å². The molecule has 1 amide bonds. The molecule has 2 aromatic rings. The Labute approximate surface area is 140 Å². The van der Waals surface area contributed by atoms with Crippen LogP contribution < -0.4 is 24.3 Å². The molecule has 6 nitrogen and oxygen atoms in total. The van der Waals surface area contributed by atoms with Crippen LogP contribution in [0, 0.1) is 0 Å². The molecule has 24 heavy (non-hydrogen) atoms. The van der Waals surface area contributed by atoms with E-state index in [9.17, 15) is 4.79 Å². The summed E-state index contributed by atoms with van der Waals surface area (Å²) >= 11 is 0. The Kier molecular flexibility index (Phi) is 5.05. The van der Waals surface area contributed by atoms with Crippen molar-refractivity contribution in [3.05, 3.63) is 42.5 Å². The summed E-state index contributed by atoms with van der Waals surface area (Å²) in [6.07, 6.45) is 0. The van der Waals surface area contributed by atoms with E-state index in [0.717, 1.165) is 5.75 Å². The number of hydrogen-bond donors (Lipinski definition) is 1. The predicted molar refractivity (Wildman–Crippen MR) is 89.2 cm³/mol. The van der Waals surface area contributed by atoms with Crippen LogP contribution in [0.4, 0.5) is 5.69 Å². The molecule has 1 heterocycles. The third kappa shape index (κ3) is 4.10. The summed E-state index contributed by atoms with van der Waals surface area (Å²) in [5, 5.41) is 2.77. The first-order valence-corrected chi connectivity index (χ1v) is 7.80. The fourth-order valence-electron chi connectivity index (χ4n) is 2.27. The van der Waals surface area contributed by atoms with Crippen molar-refractivity contribution in [1.29, 1.82) is 0 Å². The molecule has 6 heteroatoms. The van der Waals surface area contributed by atoms with E-state index in [1.54, 1.807) is 42.5 Å². The number of ether oxygens (including phenoxy) is 4. The van der Waals surface area contributed by atoms with Crippen molar-refractivity contribution >= 4 is 11.6 Å². The molecule has 0 atom stereocenters. The normalized spacial score (nSPS) is 12.4. The van der Waals surface area contributed by atoms with Crippen LogP contribution in [0.3, 0.4) is 0 Å². The van der Waals surface area contributed by atoms with Crippen molar-refractivity contribution in [3.63, 3.8) is 0 Å². The minimum absolute atomic E-state index is 0.0809. The fraction of sp³-hybridized carbons (Fsp3) is 0.278. The Morgan fingerprint density at radius 3 is 2.38 bits per heavy atom. The van der Waals surface area contributed by atoms with Gasteiger partial charge in [-0.1, -0.05) is 0 Å². The molecule has 0 aliphatic carbocycles. The molecule has 3 rings (SSSR count). The number of benzene rings is 2. The van der Waals surface area contributed by atoms with Gasteiger partial charge in [0.1, 0.15) is 24.7 Å². The molecule has 0 unspecified atom stereocenters. The Balaban J connectivity index is 1.52. The van der Waals surface area contributed by atoms with Crippen LogP contribution in [0.5, 0.6) is 23.0 Å². The molecule has 2 aromatic carbocycles. The summed E-state index contributed by atoms with van der Waals surface area (Å²) in [6.45, 7) is 3.49. The second-order valence-electron chi connectivity index (χ2n) is 5.10. The summed E-state index contributed by atoms with van der Waals surface area (Å²) in [6, 6.07) is 12.4. The number of hydrogen-bond acceptors (Lipinski definition) is 5. The second-order valence-corrected chi connectivity index (χ2v) is 5.10. The average molecular weight is 329 g/mol. The Hall–Kier alpha value is -2.89. The number of amides is 1. The monoisotopic (exact) mass is 329 g/mol. The standard InChI is InChI=1S/C18H19NO5/c1-2-21-14-4-6-15(7-5-14)24-12-18(20)19-13-3-8-16-17(11-13)23-10-9-22-16/h3-8,11H,2,9-10,12H2,1H3,(H,19,20). The van der Waals surface area contributed by atoms with Crippen molar-refractivity contribution < 1.29 is 23.7 Å². The summed E-state index contributed by atoms with van der Waals surface area (Å²) in [5.41, 5.74) is 0.638. The number of rotatable bonds is 6. The molecule has 0 bridgehead atoms. The van der Waals surface area contributed by atoms with Gasteiger partial charge in [-0.2, -0.15) is 0 Å². The van der Waals surface area contributed by atoms with Gasteiger partial charge in [0, 0.05) is 11.8 Å². The molecule has 0 spiro atoms. The maximum atomic E-state index is 12.0.